The Hall–Kier alpha value is -2.62. The van der Waals surface area contributed by atoms with E-state index in [0.29, 0.717) is 6.42 Å². The summed E-state index contributed by atoms with van der Waals surface area (Å²) < 4.78 is 61.9. The highest BCUT2D eigenvalue weighted by molar-refractivity contribution is 7.91. The Morgan fingerprint density at radius 3 is 2.48 bits per heavy atom. The highest BCUT2D eigenvalue weighted by atomic mass is 32.2. The first-order valence-electron chi connectivity index (χ1n) is 8.05. The standard InChI is InChI=1S/C17H16F3N3O3S/c18-17(19,20)13-3-1-2-4-14(13)22-11-5-6-15(21-9-11)16(24)23-12-7-8-27(25,26)10-12/h1-6,9,12,22H,7-8,10H2,(H,23,24). The van der Waals surface area contributed by atoms with Crippen LogP contribution in [0.4, 0.5) is 24.5 Å². The average molecular weight is 399 g/mol. The van der Waals surface area contributed by atoms with Gasteiger partial charge in [-0.25, -0.2) is 13.4 Å². The van der Waals surface area contributed by atoms with Gasteiger partial charge < -0.3 is 10.6 Å². The Morgan fingerprint density at radius 1 is 1.15 bits per heavy atom. The molecule has 10 heteroatoms. The number of rotatable bonds is 4. The molecule has 6 nitrogen and oxygen atoms in total. The normalized spacial score (nSPS) is 18.9. The third kappa shape index (κ3) is 4.76. The molecule has 2 aromatic rings. The van der Waals surface area contributed by atoms with E-state index in [1.165, 1.54) is 36.5 Å². The molecule has 2 N–H and O–H groups in total. The number of carbonyl (C=O) groups excluding carboxylic acids is 1. The van der Waals surface area contributed by atoms with Crippen molar-refractivity contribution in [3.8, 4) is 0 Å². The van der Waals surface area contributed by atoms with Crippen LogP contribution in [0.5, 0.6) is 0 Å². The maximum Gasteiger partial charge on any atom is 0.418 e. The monoisotopic (exact) mass is 399 g/mol. The van der Waals surface area contributed by atoms with E-state index in [9.17, 15) is 26.4 Å². The summed E-state index contributed by atoms with van der Waals surface area (Å²) in [6, 6.07) is 7.36. The fourth-order valence-electron chi connectivity index (χ4n) is 2.77. The maximum atomic E-state index is 13.0. The minimum atomic E-state index is -4.50. The Kier molecular flexibility index (Phi) is 5.09. The predicted octanol–water partition coefficient (Wildman–Crippen LogP) is 2.76. The summed E-state index contributed by atoms with van der Waals surface area (Å²) in [5.41, 5.74) is -0.602. The number of para-hydroxylation sites is 1. The number of hydrogen-bond donors (Lipinski definition) is 2. The third-order valence-electron chi connectivity index (χ3n) is 4.08. The number of hydrogen-bond acceptors (Lipinski definition) is 5. The molecule has 0 saturated carbocycles. The average Bonchev–Trinajstić information content (AvgIpc) is 2.93. The van der Waals surface area contributed by atoms with E-state index in [-0.39, 0.29) is 28.6 Å². The van der Waals surface area contributed by atoms with Gasteiger partial charge in [0.2, 0.25) is 0 Å². The van der Waals surface area contributed by atoms with Crippen molar-refractivity contribution >= 4 is 27.1 Å². The summed E-state index contributed by atoms with van der Waals surface area (Å²) in [6.45, 7) is 0. The molecule has 2 heterocycles. The SMILES string of the molecule is O=C(NC1CCS(=O)(=O)C1)c1ccc(Nc2ccccc2C(F)(F)F)cn1. The van der Waals surface area contributed by atoms with Crippen molar-refractivity contribution in [3.05, 3.63) is 53.9 Å². The summed E-state index contributed by atoms with van der Waals surface area (Å²) >= 11 is 0. The molecule has 0 bridgehead atoms. The maximum absolute atomic E-state index is 13.0. The zero-order chi connectivity index (χ0) is 19.7. The predicted molar refractivity (Wildman–Crippen MR) is 93.5 cm³/mol. The summed E-state index contributed by atoms with van der Waals surface area (Å²) in [5, 5.41) is 5.23. The van der Waals surface area contributed by atoms with Crippen LogP contribution in [0.3, 0.4) is 0 Å². The number of alkyl halides is 3. The molecule has 0 aliphatic carbocycles. The van der Waals surface area contributed by atoms with Crippen LogP contribution in [0.25, 0.3) is 0 Å². The lowest BCUT2D eigenvalue weighted by molar-refractivity contribution is -0.136. The van der Waals surface area contributed by atoms with E-state index in [4.69, 9.17) is 0 Å². The highest BCUT2D eigenvalue weighted by Crippen LogP contribution is 2.35. The van der Waals surface area contributed by atoms with E-state index in [1.807, 2.05) is 0 Å². The molecule has 3 rings (SSSR count). The fraction of sp³-hybridized carbons (Fsp3) is 0.294. The molecule has 1 amide bonds. The number of pyridine rings is 1. The van der Waals surface area contributed by atoms with Crippen molar-refractivity contribution in [2.75, 3.05) is 16.8 Å². The van der Waals surface area contributed by atoms with Gasteiger partial charge in [-0.3, -0.25) is 4.79 Å². The lowest BCUT2D eigenvalue weighted by atomic mass is 10.1. The smallest absolute Gasteiger partial charge is 0.354 e. The topological polar surface area (TPSA) is 88.2 Å². The molecule has 27 heavy (non-hydrogen) atoms. The molecule has 1 saturated heterocycles. The van der Waals surface area contributed by atoms with Gasteiger partial charge >= 0.3 is 6.18 Å². The molecule has 1 atom stereocenters. The molecule has 0 spiro atoms. The van der Waals surface area contributed by atoms with Crippen LogP contribution in [-0.4, -0.2) is 36.9 Å². The first-order valence-corrected chi connectivity index (χ1v) is 9.87. The van der Waals surface area contributed by atoms with Crippen LogP contribution in [-0.2, 0) is 16.0 Å². The molecular formula is C17H16F3N3O3S. The number of halogens is 3. The lowest BCUT2D eigenvalue weighted by Gasteiger charge is -2.14. The van der Waals surface area contributed by atoms with Gasteiger partial charge in [-0.15, -0.1) is 0 Å². The minimum Gasteiger partial charge on any atom is -0.354 e. The van der Waals surface area contributed by atoms with Gasteiger partial charge in [-0.1, -0.05) is 12.1 Å². The summed E-state index contributed by atoms with van der Waals surface area (Å²) in [7, 11) is -3.12. The van der Waals surface area contributed by atoms with E-state index in [1.54, 1.807) is 0 Å². The number of sulfone groups is 1. The van der Waals surface area contributed by atoms with Crippen LogP contribution in [0.1, 0.15) is 22.5 Å². The van der Waals surface area contributed by atoms with Crippen molar-refractivity contribution < 1.29 is 26.4 Å². The lowest BCUT2D eigenvalue weighted by Crippen LogP contribution is -2.36. The zero-order valence-corrected chi connectivity index (χ0v) is 14.8. The van der Waals surface area contributed by atoms with Crippen LogP contribution < -0.4 is 10.6 Å². The van der Waals surface area contributed by atoms with Crippen molar-refractivity contribution in [1.29, 1.82) is 0 Å². The van der Waals surface area contributed by atoms with Crippen molar-refractivity contribution in [1.82, 2.24) is 10.3 Å². The summed E-state index contributed by atoms with van der Waals surface area (Å²) in [6.07, 6.45) is -2.91. The molecule has 144 valence electrons. The van der Waals surface area contributed by atoms with Crippen LogP contribution in [0.2, 0.25) is 0 Å². The van der Waals surface area contributed by atoms with E-state index >= 15 is 0 Å². The number of aromatic nitrogens is 1. The fourth-order valence-corrected chi connectivity index (χ4v) is 4.44. The van der Waals surface area contributed by atoms with Crippen molar-refractivity contribution in [3.63, 3.8) is 0 Å². The van der Waals surface area contributed by atoms with Gasteiger partial charge in [0, 0.05) is 6.04 Å². The number of carbonyl (C=O) groups is 1. The van der Waals surface area contributed by atoms with Crippen molar-refractivity contribution in [2.24, 2.45) is 0 Å². The number of nitrogens with one attached hydrogen (secondary N) is 2. The minimum absolute atomic E-state index is 0.0346. The Labute approximate surface area is 153 Å². The Bertz CT molecular complexity index is 944. The molecule has 1 aromatic carbocycles. The van der Waals surface area contributed by atoms with Crippen LogP contribution >= 0.6 is 0 Å². The number of benzene rings is 1. The Morgan fingerprint density at radius 2 is 1.89 bits per heavy atom. The second kappa shape index (κ2) is 7.18. The molecular weight excluding hydrogens is 383 g/mol. The number of amides is 1. The van der Waals surface area contributed by atoms with Gasteiger partial charge in [0.05, 0.1) is 34.6 Å². The van der Waals surface area contributed by atoms with Gasteiger partial charge in [-0.2, -0.15) is 13.2 Å². The van der Waals surface area contributed by atoms with Crippen LogP contribution in [0, 0.1) is 0 Å². The van der Waals surface area contributed by atoms with Crippen LogP contribution in [0.15, 0.2) is 42.6 Å². The molecule has 1 aliphatic rings. The van der Waals surface area contributed by atoms with E-state index in [0.717, 1.165) is 6.07 Å². The summed E-state index contributed by atoms with van der Waals surface area (Å²) in [5.74, 6) is -0.598. The molecule has 1 aliphatic heterocycles. The highest BCUT2D eigenvalue weighted by Gasteiger charge is 2.33. The van der Waals surface area contributed by atoms with Gasteiger partial charge in [0.15, 0.2) is 9.84 Å². The first kappa shape index (κ1) is 19.2. The summed E-state index contributed by atoms with van der Waals surface area (Å²) in [4.78, 5) is 16.1. The number of anilines is 2. The van der Waals surface area contributed by atoms with Crippen molar-refractivity contribution in [2.45, 2.75) is 18.6 Å². The second-order valence-electron chi connectivity index (χ2n) is 6.17. The second-order valence-corrected chi connectivity index (χ2v) is 8.40. The first-order chi connectivity index (χ1) is 12.6. The Balaban J connectivity index is 1.69. The number of nitrogens with zero attached hydrogens (tertiary/aromatic N) is 1. The zero-order valence-electron chi connectivity index (χ0n) is 14.0. The van der Waals surface area contributed by atoms with Gasteiger partial charge in [-0.05, 0) is 30.7 Å². The van der Waals surface area contributed by atoms with E-state index < -0.39 is 33.5 Å². The van der Waals surface area contributed by atoms with Gasteiger partial charge in [0.25, 0.3) is 5.91 Å². The largest absolute Gasteiger partial charge is 0.418 e. The molecule has 0 radical (unpaired) electrons. The third-order valence-corrected chi connectivity index (χ3v) is 5.84. The molecule has 1 unspecified atom stereocenters. The molecule has 1 aromatic heterocycles. The quantitative estimate of drug-likeness (QED) is 0.826. The molecule has 1 fully saturated rings. The van der Waals surface area contributed by atoms with Gasteiger partial charge in [0.1, 0.15) is 5.69 Å². The van der Waals surface area contributed by atoms with E-state index in [2.05, 4.69) is 15.6 Å².